The van der Waals surface area contributed by atoms with E-state index in [1.54, 1.807) is 23.1 Å². The lowest BCUT2D eigenvalue weighted by Crippen LogP contribution is -2.28. The number of rotatable bonds is 3. The van der Waals surface area contributed by atoms with Crippen LogP contribution in [-0.2, 0) is 6.54 Å². The third kappa shape index (κ3) is 3.03. The molecule has 1 aliphatic rings. The van der Waals surface area contributed by atoms with Crippen molar-refractivity contribution in [1.82, 2.24) is 4.90 Å². The molecule has 5 rings (SSSR count). The third-order valence-corrected chi connectivity index (χ3v) is 6.63. The van der Waals surface area contributed by atoms with Gasteiger partial charge in [0.05, 0.1) is 10.9 Å². The van der Waals surface area contributed by atoms with Gasteiger partial charge in [0.2, 0.25) is 5.76 Å². The van der Waals surface area contributed by atoms with E-state index in [4.69, 9.17) is 4.42 Å². The van der Waals surface area contributed by atoms with E-state index in [1.165, 1.54) is 11.3 Å². The molecule has 4 aromatic rings. The first-order valence-electron chi connectivity index (χ1n) is 9.19. The summed E-state index contributed by atoms with van der Waals surface area (Å²) in [4.78, 5) is 29.4. The number of nitrogens with zero attached hydrogens (tertiary/aromatic N) is 1. The molecule has 3 heterocycles. The minimum atomic E-state index is -0.446. The van der Waals surface area contributed by atoms with Crippen molar-refractivity contribution in [2.24, 2.45) is 0 Å². The maximum Gasteiger partial charge on any atom is 0.291 e. The summed E-state index contributed by atoms with van der Waals surface area (Å²) in [6.45, 7) is 2.44. The summed E-state index contributed by atoms with van der Waals surface area (Å²) in [7, 11) is 0. The van der Waals surface area contributed by atoms with Crippen molar-refractivity contribution >= 4 is 44.1 Å². The molecule has 1 amide bonds. The van der Waals surface area contributed by atoms with Crippen LogP contribution in [-0.4, -0.2) is 10.8 Å². The topological polar surface area (TPSA) is 50.5 Å². The zero-order chi connectivity index (χ0) is 20.1. The van der Waals surface area contributed by atoms with Gasteiger partial charge in [-0.1, -0.05) is 51.8 Å². The molecule has 0 radical (unpaired) electrons. The van der Waals surface area contributed by atoms with Crippen molar-refractivity contribution in [3.63, 3.8) is 0 Å². The molecule has 4 nitrogen and oxygen atoms in total. The van der Waals surface area contributed by atoms with Crippen LogP contribution >= 0.6 is 27.3 Å². The summed E-state index contributed by atoms with van der Waals surface area (Å²) >= 11 is 4.96. The van der Waals surface area contributed by atoms with Crippen LogP contribution in [0.2, 0.25) is 0 Å². The van der Waals surface area contributed by atoms with Crippen molar-refractivity contribution in [3.8, 4) is 0 Å². The lowest BCUT2D eigenvalue weighted by Gasteiger charge is -2.24. The van der Waals surface area contributed by atoms with Gasteiger partial charge in [-0.25, -0.2) is 0 Å². The molecule has 6 heteroatoms. The fraction of sp³-hybridized carbons (Fsp3) is 0.130. The van der Waals surface area contributed by atoms with Crippen molar-refractivity contribution in [1.29, 1.82) is 0 Å². The highest BCUT2D eigenvalue weighted by Crippen LogP contribution is 2.40. The second kappa shape index (κ2) is 6.97. The number of benzene rings is 2. The zero-order valence-corrected chi connectivity index (χ0v) is 17.9. The molecule has 0 bridgehead atoms. The van der Waals surface area contributed by atoms with Gasteiger partial charge in [0.25, 0.3) is 5.91 Å². The molecule has 2 aromatic carbocycles. The van der Waals surface area contributed by atoms with Gasteiger partial charge in [-0.2, -0.15) is 0 Å². The van der Waals surface area contributed by atoms with Crippen LogP contribution in [0, 0.1) is 6.92 Å². The quantitative estimate of drug-likeness (QED) is 0.391. The van der Waals surface area contributed by atoms with E-state index in [0.29, 0.717) is 23.1 Å². The van der Waals surface area contributed by atoms with E-state index in [9.17, 15) is 9.59 Å². The molecule has 0 saturated carbocycles. The molecule has 0 saturated heterocycles. The number of fused-ring (bicyclic) bond motifs is 2. The Morgan fingerprint density at radius 3 is 2.62 bits per heavy atom. The number of carbonyl (C=O) groups excluding carboxylic acids is 1. The van der Waals surface area contributed by atoms with Gasteiger partial charge >= 0.3 is 0 Å². The fourth-order valence-corrected chi connectivity index (χ4v) is 4.99. The molecule has 144 valence electrons. The number of hydrogen-bond acceptors (Lipinski definition) is 4. The number of hydrogen-bond donors (Lipinski definition) is 0. The maximum absolute atomic E-state index is 13.4. The standard InChI is InChI=1S/C23H16BrNO3S/c1-13-4-6-14(7-5-13)12-25-20(18-3-2-10-29-18)19-21(26)16-11-15(24)8-9-17(16)28-22(19)23(25)27/h2-11,20H,12H2,1H3. The molecule has 29 heavy (non-hydrogen) atoms. The summed E-state index contributed by atoms with van der Waals surface area (Å²) in [6.07, 6.45) is 0. The van der Waals surface area contributed by atoms with E-state index in [2.05, 4.69) is 15.9 Å². The Balaban J connectivity index is 1.71. The lowest BCUT2D eigenvalue weighted by molar-refractivity contribution is 0.0716. The van der Waals surface area contributed by atoms with Crippen molar-refractivity contribution < 1.29 is 9.21 Å². The predicted octanol–water partition coefficient (Wildman–Crippen LogP) is 5.67. The van der Waals surface area contributed by atoms with E-state index >= 15 is 0 Å². The fourth-order valence-electron chi connectivity index (χ4n) is 3.79. The van der Waals surface area contributed by atoms with Gasteiger partial charge in [0.15, 0.2) is 5.43 Å². The van der Waals surface area contributed by atoms with E-state index in [0.717, 1.165) is 20.5 Å². The van der Waals surface area contributed by atoms with Crippen LogP contribution < -0.4 is 5.43 Å². The summed E-state index contributed by atoms with van der Waals surface area (Å²) in [5.74, 6) is -0.101. The largest absolute Gasteiger partial charge is 0.450 e. The molecule has 2 aromatic heterocycles. The first-order valence-corrected chi connectivity index (χ1v) is 10.9. The van der Waals surface area contributed by atoms with Crippen molar-refractivity contribution in [3.05, 3.63) is 102 Å². The van der Waals surface area contributed by atoms with Crippen LogP contribution in [0.15, 0.2) is 73.7 Å². The van der Waals surface area contributed by atoms with E-state index < -0.39 is 6.04 Å². The summed E-state index contributed by atoms with van der Waals surface area (Å²) in [6, 6.07) is 16.8. The number of carbonyl (C=O) groups is 1. The smallest absolute Gasteiger partial charge is 0.291 e. The van der Waals surface area contributed by atoms with Crippen LogP contribution in [0.4, 0.5) is 0 Å². The van der Waals surface area contributed by atoms with Crippen molar-refractivity contribution in [2.75, 3.05) is 0 Å². The van der Waals surface area contributed by atoms with Gasteiger partial charge in [-0.3, -0.25) is 9.59 Å². The number of aryl methyl sites for hydroxylation is 1. The molecular formula is C23H16BrNO3S. The van der Waals surface area contributed by atoms with Gasteiger partial charge in [-0.15, -0.1) is 11.3 Å². The summed E-state index contributed by atoms with van der Waals surface area (Å²) in [5, 5.41) is 2.44. The number of thiophene rings is 1. The predicted molar refractivity (Wildman–Crippen MR) is 117 cm³/mol. The Labute approximate surface area is 179 Å². The van der Waals surface area contributed by atoms with Gasteiger partial charge in [-0.05, 0) is 42.1 Å². The lowest BCUT2D eigenvalue weighted by atomic mass is 10.0. The van der Waals surface area contributed by atoms with Crippen LogP contribution in [0.1, 0.15) is 38.2 Å². The molecule has 1 unspecified atom stereocenters. The minimum Gasteiger partial charge on any atom is -0.450 e. The van der Waals surface area contributed by atoms with E-state index in [1.807, 2.05) is 48.7 Å². The Kier molecular flexibility index (Phi) is 4.41. The molecule has 0 spiro atoms. The van der Waals surface area contributed by atoms with Gasteiger partial charge in [0, 0.05) is 15.9 Å². The average molecular weight is 466 g/mol. The highest BCUT2D eigenvalue weighted by Gasteiger charge is 2.43. The Bertz CT molecular complexity index is 1290. The highest BCUT2D eigenvalue weighted by molar-refractivity contribution is 9.10. The third-order valence-electron chi connectivity index (χ3n) is 5.21. The average Bonchev–Trinajstić information content (AvgIpc) is 3.32. The maximum atomic E-state index is 13.4. The van der Waals surface area contributed by atoms with Gasteiger partial charge < -0.3 is 9.32 Å². The molecule has 1 aliphatic heterocycles. The van der Waals surface area contributed by atoms with Crippen molar-refractivity contribution in [2.45, 2.75) is 19.5 Å². The monoisotopic (exact) mass is 465 g/mol. The highest BCUT2D eigenvalue weighted by atomic mass is 79.9. The van der Waals surface area contributed by atoms with Crippen LogP contribution in [0.25, 0.3) is 11.0 Å². The normalized spacial score (nSPS) is 15.9. The number of amides is 1. The second-order valence-corrected chi connectivity index (χ2v) is 9.05. The molecule has 0 aliphatic carbocycles. The van der Waals surface area contributed by atoms with Gasteiger partial charge in [0.1, 0.15) is 11.6 Å². The SMILES string of the molecule is Cc1ccc(CN2C(=O)c3oc4ccc(Br)cc4c(=O)c3C2c2cccs2)cc1. The summed E-state index contributed by atoms with van der Waals surface area (Å²) in [5.41, 5.74) is 2.87. The first-order chi connectivity index (χ1) is 14.0. The number of halogens is 1. The second-order valence-electron chi connectivity index (χ2n) is 7.15. The zero-order valence-electron chi connectivity index (χ0n) is 15.5. The summed E-state index contributed by atoms with van der Waals surface area (Å²) < 4.78 is 6.76. The minimum absolute atomic E-state index is 0.148. The molecular weight excluding hydrogens is 450 g/mol. The first kappa shape index (κ1) is 18.3. The Hall–Kier alpha value is -2.70. The molecule has 0 N–H and O–H groups in total. The molecule has 0 fully saturated rings. The molecule has 1 atom stereocenters. The van der Waals surface area contributed by atoms with Crippen LogP contribution in [0.3, 0.4) is 0 Å². The van der Waals surface area contributed by atoms with Crippen LogP contribution in [0.5, 0.6) is 0 Å². The van der Waals surface area contributed by atoms with E-state index in [-0.39, 0.29) is 17.1 Å². The Morgan fingerprint density at radius 2 is 1.90 bits per heavy atom. The Morgan fingerprint density at radius 1 is 1.10 bits per heavy atom.